The molecule has 0 aliphatic heterocycles. The van der Waals surface area contributed by atoms with Crippen molar-refractivity contribution >= 4 is 38.7 Å². The van der Waals surface area contributed by atoms with Crippen LogP contribution >= 0.6 is 15.9 Å². The van der Waals surface area contributed by atoms with Crippen molar-refractivity contribution in [2.45, 2.75) is 0 Å². The molecule has 0 atom stereocenters. The number of carbonyl (C=O) groups is 1. The SMILES string of the molecule is COc1ccc2c(c1)c(/C=C/C(=O)c1ccc(Br)cc1)cn2C. The third kappa shape index (κ3) is 3.22. The summed E-state index contributed by atoms with van der Waals surface area (Å²) in [6.07, 6.45) is 5.47. The summed E-state index contributed by atoms with van der Waals surface area (Å²) in [5.41, 5.74) is 2.76. The number of nitrogens with zero attached hydrogens (tertiary/aromatic N) is 1. The fourth-order valence-corrected chi connectivity index (χ4v) is 2.80. The minimum Gasteiger partial charge on any atom is -0.497 e. The van der Waals surface area contributed by atoms with Gasteiger partial charge in [-0.3, -0.25) is 4.79 Å². The Morgan fingerprint density at radius 2 is 1.91 bits per heavy atom. The molecule has 0 saturated carbocycles. The average Bonchev–Trinajstić information content (AvgIpc) is 2.88. The Morgan fingerprint density at radius 3 is 2.61 bits per heavy atom. The molecule has 0 aliphatic carbocycles. The monoisotopic (exact) mass is 369 g/mol. The number of ether oxygens (including phenoxy) is 1. The van der Waals surface area contributed by atoms with Crippen LogP contribution in [0.5, 0.6) is 5.75 Å². The molecule has 23 heavy (non-hydrogen) atoms. The van der Waals surface area contributed by atoms with Gasteiger partial charge in [-0.25, -0.2) is 0 Å². The maximum Gasteiger partial charge on any atom is 0.185 e. The zero-order valence-electron chi connectivity index (χ0n) is 12.9. The van der Waals surface area contributed by atoms with E-state index in [1.807, 2.05) is 66.4 Å². The Labute approximate surface area is 143 Å². The Morgan fingerprint density at radius 1 is 1.17 bits per heavy atom. The van der Waals surface area contributed by atoms with Gasteiger partial charge >= 0.3 is 0 Å². The van der Waals surface area contributed by atoms with Crippen molar-refractivity contribution in [2.24, 2.45) is 7.05 Å². The second-order valence-corrected chi connectivity index (χ2v) is 6.20. The highest BCUT2D eigenvalue weighted by Gasteiger charge is 2.07. The van der Waals surface area contributed by atoms with Gasteiger partial charge in [0.2, 0.25) is 0 Å². The van der Waals surface area contributed by atoms with Crippen LogP contribution in [0.2, 0.25) is 0 Å². The Kier molecular flexibility index (Phi) is 4.35. The van der Waals surface area contributed by atoms with Crippen molar-refractivity contribution in [1.29, 1.82) is 0 Å². The number of fused-ring (bicyclic) bond motifs is 1. The molecule has 4 heteroatoms. The number of rotatable bonds is 4. The molecule has 116 valence electrons. The number of aromatic nitrogens is 1. The van der Waals surface area contributed by atoms with Crippen LogP contribution in [0.4, 0.5) is 0 Å². The van der Waals surface area contributed by atoms with E-state index in [4.69, 9.17) is 4.74 Å². The van der Waals surface area contributed by atoms with Crippen molar-refractivity contribution in [3.05, 3.63) is 70.3 Å². The lowest BCUT2D eigenvalue weighted by Gasteiger charge is -2.00. The molecule has 1 heterocycles. The first-order valence-electron chi connectivity index (χ1n) is 7.19. The van der Waals surface area contributed by atoms with Gasteiger partial charge in [-0.15, -0.1) is 0 Å². The lowest BCUT2D eigenvalue weighted by molar-refractivity contribution is 0.104. The first-order valence-corrected chi connectivity index (χ1v) is 7.99. The molecular formula is C19H16BrNO2. The third-order valence-corrected chi connectivity index (χ3v) is 4.30. The fraction of sp³-hybridized carbons (Fsp3) is 0.105. The highest BCUT2D eigenvalue weighted by atomic mass is 79.9. The van der Waals surface area contributed by atoms with Gasteiger partial charge in [0.15, 0.2) is 5.78 Å². The smallest absolute Gasteiger partial charge is 0.185 e. The molecule has 0 N–H and O–H groups in total. The topological polar surface area (TPSA) is 31.2 Å². The van der Waals surface area contributed by atoms with Crippen LogP contribution in [0.3, 0.4) is 0 Å². The molecule has 0 unspecified atom stereocenters. The Bertz CT molecular complexity index is 892. The fourth-order valence-electron chi connectivity index (χ4n) is 2.54. The van der Waals surface area contributed by atoms with E-state index in [2.05, 4.69) is 15.9 Å². The second-order valence-electron chi connectivity index (χ2n) is 5.28. The summed E-state index contributed by atoms with van der Waals surface area (Å²) >= 11 is 3.37. The van der Waals surface area contributed by atoms with Gasteiger partial charge in [-0.2, -0.15) is 0 Å². The Balaban J connectivity index is 1.94. The van der Waals surface area contributed by atoms with Crippen LogP contribution in [-0.2, 0) is 7.05 Å². The number of hydrogen-bond donors (Lipinski definition) is 0. The summed E-state index contributed by atoms with van der Waals surface area (Å²) < 4.78 is 8.29. The largest absolute Gasteiger partial charge is 0.497 e. The maximum absolute atomic E-state index is 12.3. The van der Waals surface area contributed by atoms with Crippen molar-refractivity contribution < 1.29 is 9.53 Å². The zero-order valence-corrected chi connectivity index (χ0v) is 14.5. The number of methoxy groups -OCH3 is 1. The molecule has 0 fully saturated rings. The summed E-state index contributed by atoms with van der Waals surface area (Å²) in [5.74, 6) is 0.787. The second kappa shape index (κ2) is 6.42. The molecule has 2 aromatic carbocycles. The highest BCUT2D eigenvalue weighted by molar-refractivity contribution is 9.10. The minimum absolute atomic E-state index is 0.0163. The predicted octanol–water partition coefficient (Wildman–Crippen LogP) is 4.85. The number of hydrogen-bond acceptors (Lipinski definition) is 2. The van der Waals surface area contributed by atoms with E-state index in [0.717, 1.165) is 26.7 Å². The highest BCUT2D eigenvalue weighted by Crippen LogP contribution is 2.26. The van der Waals surface area contributed by atoms with Crippen LogP contribution in [-0.4, -0.2) is 17.5 Å². The summed E-state index contributed by atoms with van der Waals surface area (Å²) in [6, 6.07) is 13.3. The third-order valence-electron chi connectivity index (χ3n) is 3.77. The summed E-state index contributed by atoms with van der Waals surface area (Å²) in [6.45, 7) is 0. The molecule has 3 rings (SSSR count). The number of halogens is 1. The van der Waals surface area contributed by atoms with Gasteiger partial charge < -0.3 is 9.30 Å². The average molecular weight is 370 g/mol. The molecule has 3 nitrogen and oxygen atoms in total. The molecule has 0 aliphatic rings. The summed E-state index contributed by atoms with van der Waals surface area (Å²) in [7, 11) is 3.64. The van der Waals surface area contributed by atoms with Crippen LogP contribution in [0.15, 0.2) is 59.2 Å². The molecule has 0 amide bonds. The number of aryl methyl sites for hydroxylation is 1. The van der Waals surface area contributed by atoms with Crippen LogP contribution in [0.25, 0.3) is 17.0 Å². The number of benzene rings is 2. The zero-order chi connectivity index (χ0) is 16.4. The van der Waals surface area contributed by atoms with E-state index >= 15 is 0 Å². The summed E-state index contributed by atoms with van der Waals surface area (Å²) in [5, 5.41) is 1.06. The lowest BCUT2D eigenvalue weighted by Crippen LogP contribution is -1.93. The van der Waals surface area contributed by atoms with Gasteiger partial charge in [0.25, 0.3) is 0 Å². The number of ketones is 1. The van der Waals surface area contributed by atoms with Gasteiger partial charge in [0.1, 0.15) is 5.75 Å². The van der Waals surface area contributed by atoms with Crippen molar-refractivity contribution in [1.82, 2.24) is 4.57 Å². The minimum atomic E-state index is -0.0163. The summed E-state index contributed by atoms with van der Waals surface area (Å²) in [4.78, 5) is 12.3. The first kappa shape index (κ1) is 15.6. The molecule has 3 aromatic rings. The van der Waals surface area contributed by atoms with Gasteiger partial charge in [0.05, 0.1) is 7.11 Å². The van der Waals surface area contributed by atoms with E-state index in [1.54, 1.807) is 13.2 Å². The van der Waals surface area contributed by atoms with Crippen molar-refractivity contribution in [3.8, 4) is 5.75 Å². The first-order chi connectivity index (χ1) is 11.1. The van der Waals surface area contributed by atoms with Crippen LogP contribution < -0.4 is 4.74 Å². The van der Waals surface area contributed by atoms with E-state index < -0.39 is 0 Å². The Hall–Kier alpha value is -2.33. The molecular weight excluding hydrogens is 354 g/mol. The maximum atomic E-state index is 12.3. The quantitative estimate of drug-likeness (QED) is 0.486. The van der Waals surface area contributed by atoms with E-state index in [0.29, 0.717) is 5.56 Å². The molecule has 0 saturated heterocycles. The van der Waals surface area contributed by atoms with Crippen molar-refractivity contribution in [3.63, 3.8) is 0 Å². The molecule has 0 spiro atoms. The van der Waals surface area contributed by atoms with E-state index in [1.165, 1.54) is 0 Å². The standard InChI is InChI=1S/C19H16BrNO2/c1-21-12-14(17-11-16(23-2)8-9-18(17)21)5-10-19(22)13-3-6-15(20)7-4-13/h3-12H,1-2H3/b10-5+. The predicted molar refractivity (Wildman–Crippen MR) is 97.0 cm³/mol. The molecule has 1 aromatic heterocycles. The van der Waals surface area contributed by atoms with Crippen LogP contribution in [0.1, 0.15) is 15.9 Å². The molecule has 0 radical (unpaired) electrons. The number of carbonyl (C=O) groups excluding carboxylic acids is 1. The van der Waals surface area contributed by atoms with Crippen LogP contribution in [0, 0.1) is 0 Å². The lowest BCUT2D eigenvalue weighted by atomic mass is 10.1. The van der Waals surface area contributed by atoms with Gasteiger partial charge in [-0.1, -0.05) is 15.9 Å². The van der Waals surface area contributed by atoms with E-state index in [9.17, 15) is 4.79 Å². The van der Waals surface area contributed by atoms with Gasteiger partial charge in [-0.05, 0) is 54.6 Å². The van der Waals surface area contributed by atoms with Gasteiger partial charge in [0, 0.05) is 39.7 Å². The van der Waals surface area contributed by atoms with Crippen molar-refractivity contribution in [2.75, 3.05) is 7.11 Å². The van der Waals surface area contributed by atoms with E-state index in [-0.39, 0.29) is 5.78 Å². The number of allylic oxidation sites excluding steroid dienone is 1. The normalized spacial score (nSPS) is 11.3. The molecule has 0 bridgehead atoms.